The van der Waals surface area contributed by atoms with Crippen LogP contribution < -0.4 is 5.32 Å². The lowest BCUT2D eigenvalue weighted by molar-refractivity contribution is 0.332. The summed E-state index contributed by atoms with van der Waals surface area (Å²) in [5.41, 5.74) is 0. The van der Waals surface area contributed by atoms with Crippen LogP contribution in [0.25, 0.3) is 0 Å². The molecule has 1 aliphatic carbocycles. The molecule has 1 N–H and O–H groups in total. The van der Waals surface area contributed by atoms with Gasteiger partial charge >= 0.3 is 0 Å². The first-order chi connectivity index (χ1) is 8.95. The number of sulfonamides is 1. The monoisotopic (exact) mass is 291 g/mol. The minimum absolute atomic E-state index is 0.264. The van der Waals surface area contributed by atoms with Crippen LogP contribution in [0.4, 0.5) is 0 Å². The molecule has 0 aromatic carbocycles. The zero-order valence-electron chi connectivity index (χ0n) is 12.6. The molecule has 0 bridgehead atoms. The molecule has 19 heavy (non-hydrogen) atoms. The zero-order chi connectivity index (χ0) is 14.3. The molecule has 0 aliphatic heterocycles. The first-order valence-electron chi connectivity index (χ1n) is 7.31. The Labute approximate surface area is 118 Å². The molecule has 0 saturated heterocycles. The molecular weight excluding hydrogens is 262 g/mol. The standard InChI is InChI=1S/C13H29N3O2S/c1-4-9-16(11-10-15(2)3)19(17,18)12-5-8-14-13-6-7-13/h13-14H,4-12H2,1-3H3. The second kappa shape index (κ2) is 8.19. The van der Waals surface area contributed by atoms with E-state index in [0.29, 0.717) is 25.6 Å². The molecule has 0 heterocycles. The van der Waals surface area contributed by atoms with Gasteiger partial charge in [-0.1, -0.05) is 6.92 Å². The molecule has 1 fully saturated rings. The van der Waals surface area contributed by atoms with Gasteiger partial charge in [0.05, 0.1) is 5.75 Å². The Balaban J connectivity index is 2.34. The van der Waals surface area contributed by atoms with Crippen LogP contribution in [-0.2, 0) is 10.0 Å². The molecule has 0 spiro atoms. The van der Waals surface area contributed by atoms with Gasteiger partial charge in [0.15, 0.2) is 0 Å². The minimum atomic E-state index is -3.09. The van der Waals surface area contributed by atoms with Gasteiger partial charge in [-0.25, -0.2) is 12.7 Å². The van der Waals surface area contributed by atoms with Crippen LogP contribution in [0.1, 0.15) is 32.6 Å². The Kier molecular flexibility index (Phi) is 7.28. The Hall–Kier alpha value is -0.170. The number of hydrogen-bond acceptors (Lipinski definition) is 4. The van der Waals surface area contributed by atoms with Gasteiger partial charge < -0.3 is 10.2 Å². The molecule has 0 radical (unpaired) electrons. The quantitative estimate of drug-likeness (QED) is 0.570. The molecule has 0 amide bonds. The zero-order valence-corrected chi connectivity index (χ0v) is 13.4. The molecule has 0 atom stereocenters. The van der Waals surface area contributed by atoms with E-state index in [2.05, 4.69) is 5.32 Å². The third-order valence-corrected chi connectivity index (χ3v) is 5.21. The van der Waals surface area contributed by atoms with Gasteiger partial charge in [0.2, 0.25) is 10.0 Å². The molecule has 5 nitrogen and oxygen atoms in total. The van der Waals surface area contributed by atoms with E-state index in [4.69, 9.17) is 0 Å². The van der Waals surface area contributed by atoms with Crippen molar-refractivity contribution in [3.63, 3.8) is 0 Å². The molecule has 1 saturated carbocycles. The summed E-state index contributed by atoms with van der Waals surface area (Å²) in [6.07, 6.45) is 4.07. The normalized spacial score (nSPS) is 16.5. The van der Waals surface area contributed by atoms with E-state index in [1.807, 2.05) is 25.9 Å². The second-order valence-electron chi connectivity index (χ2n) is 5.60. The number of nitrogens with zero attached hydrogens (tertiary/aromatic N) is 2. The molecular formula is C13H29N3O2S. The lowest BCUT2D eigenvalue weighted by atomic mass is 10.4. The maximum absolute atomic E-state index is 12.3. The maximum Gasteiger partial charge on any atom is 0.214 e. The molecule has 1 aliphatic rings. The Morgan fingerprint density at radius 2 is 1.84 bits per heavy atom. The van der Waals surface area contributed by atoms with Crippen molar-refractivity contribution in [2.75, 3.05) is 46.0 Å². The van der Waals surface area contributed by atoms with Crippen molar-refractivity contribution >= 4 is 10.0 Å². The summed E-state index contributed by atoms with van der Waals surface area (Å²) >= 11 is 0. The van der Waals surface area contributed by atoms with E-state index < -0.39 is 10.0 Å². The summed E-state index contributed by atoms with van der Waals surface area (Å²) in [7, 11) is 0.846. The van der Waals surface area contributed by atoms with Crippen molar-refractivity contribution in [3.8, 4) is 0 Å². The highest BCUT2D eigenvalue weighted by atomic mass is 32.2. The van der Waals surface area contributed by atoms with Gasteiger partial charge in [0.25, 0.3) is 0 Å². The fourth-order valence-corrected chi connectivity index (χ4v) is 3.52. The van der Waals surface area contributed by atoms with Gasteiger partial charge in [0.1, 0.15) is 0 Å². The van der Waals surface area contributed by atoms with Crippen molar-refractivity contribution in [2.24, 2.45) is 0 Å². The second-order valence-corrected chi connectivity index (χ2v) is 7.69. The van der Waals surface area contributed by atoms with Crippen LogP contribution in [0, 0.1) is 0 Å². The smallest absolute Gasteiger partial charge is 0.214 e. The van der Waals surface area contributed by atoms with E-state index in [1.54, 1.807) is 4.31 Å². The maximum atomic E-state index is 12.3. The predicted molar refractivity (Wildman–Crippen MR) is 79.8 cm³/mol. The van der Waals surface area contributed by atoms with E-state index in [1.165, 1.54) is 12.8 Å². The summed E-state index contributed by atoms with van der Waals surface area (Å²) < 4.78 is 26.2. The van der Waals surface area contributed by atoms with Crippen LogP contribution in [0.15, 0.2) is 0 Å². The number of likely N-dealkylation sites (N-methyl/N-ethyl adjacent to an activating group) is 1. The van der Waals surface area contributed by atoms with E-state index in [9.17, 15) is 8.42 Å². The third kappa shape index (κ3) is 7.25. The van der Waals surface area contributed by atoms with Crippen LogP contribution >= 0.6 is 0 Å². The van der Waals surface area contributed by atoms with Crippen molar-refractivity contribution in [3.05, 3.63) is 0 Å². The summed E-state index contributed by atoms with van der Waals surface area (Å²) in [5, 5.41) is 3.36. The van der Waals surface area contributed by atoms with Gasteiger partial charge in [-0.05, 0) is 46.3 Å². The first kappa shape index (κ1) is 16.9. The SMILES string of the molecule is CCCN(CCN(C)C)S(=O)(=O)CCCNC1CC1. The van der Waals surface area contributed by atoms with E-state index in [-0.39, 0.29) is 5.75 Å². The number of nitrogens with one attached hydrogen (secondary N) is 1. The number of hydrogen-bond donors (Lipinski definition) is 1. The first-order valence-corrected chi connectivity index (χ1v) is 8.92. The van der Waals surface area contributed by atoms with Gasteiger partial charge in [-0.2, -0.15) is 0 Å². The summed E-state index contributed by atoms with van der Waals surface area (Å²) in [6.45, 7) is 4.84. The van der Waals surface area contributed by atoms with Crippen LogP contribution in [-0.4, -0.2) is 69.7 Å². The number of rotatable bonds is 11. The lowest BCUT2D eigenvalue weighted by Gasteiger charge is -2.23. The van der Waals surface area contributed by atoms with Crippen LogP contribution in [0.3, 0.4) is 0 Å². The van der Waals surface area contributed by atoms with Crippen LogP contribution in [0.5, 0.6) is 0 Å². The minimum Gasteiger partial charge on any atom is -0.314 e. The van der Waals surface area contributed by atoms with Crippen molar-refractivity contribution in [1.29, 1.82) is 0 Å². The highest BCUT2D eigenvalue weighted by Crippen LogP contribution is 2.18. The molecule has 6 heteroatoms. The average Bonchev–Trinajstić information content (AvgIpc) is 3.13. The summed E-state index contributed by atoms with van der Waals surface area (Å²) in [4.78, 5) is 2.02. The van der Waals surface area contributed by atoms with Crippen molar-refractivity contribution in [1.82, 2.24) is 14.5 Å². The van der Waals surface area contributed by atoms with Crippen molar-refractivity contribution in [2.45, 2.75) is 38.6 Å². The Bertz CT molecular complexity index is 340. The van der Waals surface area contributed by atoms with Gasteiger partial charge in [0, 0.05) is 25.7 Å². The topological polar surface area (TPSA) is 52.7 Å². The summed E-state index contributed by atoms with van der Waals surface area (Å²) in [5.74, 6) is 0.264. The fourth-order valence-electron chi connectivity index (χ4n) is 1.93. The molecule has 114 valence electrons. The predicted octanol–water partition coefficient (Wildman–Crippen LogP) is 0.732. The van der Waals surface area contributed by atoms with Crippen molar-refractivity contribution < 1.29 is 8.42 Å². The van der Waals surface area contributed by atoms with Gasteiger partial charge in [-0.3, -0.25) is 0 Å². The highest BCUT2D eigenvalue weighted by molar-refractivity contribution is 7.89. The third-order valence-electron chi connectivity index (χ3n) is 3.25. The molecule has 0 aromatic heterocycles. The molecule has 0 unspecified atom stereocenters. The summed E-state index contributed by atoms with van der Waals surface area (Å²) in [6, 6.07) is 0.656. The largest absolute Gasteiger partial charge is 0.314 e. The highest BCUT2D eigenvalue weighted by Gasteiger charge is 2.22. The Morgan fingerprint density at radius 1 is 1.16 bits per heavy atom. The molecule has 1 rings (SSSR count). The fraction of sp³-hybridized carbons (Fsp3) is 1.00. The lowest BCUT2D eigenvalue weighted by Crippen LogP contribution is -2.39. The van der Waals surface area contributed by atoms with Gasteiger partial charge in [-0.15, -0.1) is 0 Å². The van der Waals surface area contributed by atoms with E-state index in [0.717, 1.165) is 19.5 Å². The van der Waals surface area contributed by atoms with Crippen LogP contribution in [0.2, 0.25) is 0 Å². The molecule has 0 aromatic rings. The van der Waals surface area contributed by atoms with E-state index >= 15 is 0 Å². The average molecular weight is 291 g/mol. The Morgan fingerprint density at radius 3 is 2.37 bits per heavy atom.